The molecule has 0 amide bonds. The maximum absolute atomic E-state index is 11.3. The van der Waals surface area contributed by atoms with E-state index in [1.165, 1.54) is 7.11 Å². The van der Waals surface area contributed by atoms with Crippen molar-refractivity contribution in [2.75, 3.05) is 26.4 Å². The van der Waals surface area contributed by atoms with Gasteiger partial charge in [-0.05, 0) is 25.2 Å². The summed E-state index contributed by atoms with van der Waals surface area (Å²) < 4.78 is 4.61. The van der Waals surface area contributed by atoms with E-state index in [-0.39, 0.29) is 0 Å². The molecule has 0 saturated heterocycles. The Morgan fingerprint density at radius 3 is 2.88 bits per heavy atom. The first-order valence-electron chi connectivity index (χ1n) is 5.30. The number of rotatable bonds is 3. The lowest BCUT2D eigenvalue weighted by atomic mass is 10.1. The molecule has 17 heavy (non-hydrogen) atoms. The molecule has 3 N–H and O–H groups in total. The number of hydrogen-bond donors (Lipinski definition) is 2. The van der Waals surface area contributed by atoms with Gasteiger partial charge in [-0.1, -0.05) is 11.8 Å². The van der Waals surface area contributed by atoms with Gasteiger partial charge < -0.3 is 15.8 Å². The van der Waals surface area contributed by atoms with E-state index in [4.69, 9.17) is 5.73 Å². The van der Waals surface area contributed by atoms with Gasteiger partial charge in [0.2, 0.25) is 0 Å². The predicted octanol–water partition coefficient (Wildman–Crippen LogP) is 1.02. The minimum absolute atomic E-state index is 0.369. The van der Waals surface area contributed by atoms with Crippen molar-refractivity contribution in [3.8, 4) is 11.8 Å². The molecule has 1 rings (SSSR count). The first-order chi connectivity index (χ1) is 8.19. The quantitative estimate of drug-likeness (QED) is 0.353. The van der Waals surface area contributed by atoms with Crippen molar-refractivity contribution in [3.05, 3.63) is 29.3 Å². The summed E-state index contributed by atoms with van der Waals surface area (Å²) in [7, 11) is 3.21. The molecule has 0 aromatic heterocycles. The Morgan fingerprint density at radius 1 is 1.53 bits per heavy atom. The Balaban J connectivity index is 2.81. The van der Waals surface area contributed by atoms with E-state index in [1.807, 2.05) is 7.05 Å². The normalized spacial score (nSPS) is 9.29. The zero-order valence-electron chi connectivity index (χ0n) is 10.0. The van der Waals surface area contributed by atoms with Crippen molar-refractivity contribution in [1.29, 1.82) is 0 Å². The van der Waals surface area contributed by atoms with Crippen molar-refractivity contribution in [1.82, 2.24) is 5.32 Å². The van der Waals surface area contributed by atoms with Crippen LogP contribution in [0.4, 0.5) is 5.69 Å². The molecule has 0 atom stereocenters. The average Bonchev–Trinajstić information content (AvgIpc) is 2.34. The second-order valence-corrected chi connectivity index (χ2v) is 3.45. The number of ether oxygens (including phenoxy) is 1. The van der Waals surface area contributed by atoms with Gasteiger partial charge in [0.15, 0.2) is 0 Å². The van der Waals surface area contributed by atoms with E-state index in [9.17, 15) is 4.79 Å². The van der Waals surface area contributed by atoms with Gasteiger partial charge in [0.25, 0.3) is 0 Å². The summed E-state index contributed by atoms with van der Waals surface area (Å²) in [5.41, 5.74) is 7.30. The van der Waals surface area contributed by atoms with Gasteiger partial charge in [-0.3, -0.25) is 0 Å². The van der Waals surface area contributed by atoms with Crippen LogP contribution in [-0.2, 0) is 4.74 Å². The molecule has 1 aromatic carbocycles. The fourth-order valence-electron chi connectivity index (χ4n) is 1.29. The van der Waals surface area contributed by atoms with Gasteiger partial charge >= 0.3 is 5.97 Å². The number of methoxy groups -OCH3 is 1. The number of benzene rings is 1. The first-order valence-corrected chi connectivity index (χ1v) is 5.30. The third kappa shape index (κ3) is 3.82. The Morgan fingerprint density at radius 2 is 2.29 bits per heavy atom. The van der Waals surface area contributed by atoms with Crippen molar-refractivity contribution in [3.63, 3.8) is 0 Å². The fourth-order valence-corrected chi connectivity index (χ4v) is 1.29. The summed E-state index contributed by atoms with van der Waals surface area (Å²) in [4.78, 5) is 11.3. The fraction of sp³-hybridized carbons (Fsp3) is 0.308. The molecule has 0 aliphatic rings. The highest BCUT2D eigenvalue weighted by molar-refractivity contribution is 5.95. The summed E-state index contributed by atoms with van der Waals surface area (Å²) >= 11 is 0. The molecule has 90 valence electrons. The van der Waals surface area contributed by atoms with Crippen LogP contribution in [0.15, 0.2) is 18.2 Å². The SMILES string of the molecule is CNCCC#Cc1ccc(C(=O)OC)c(N)c1. The van der Waals surface area contributed by atoms with Crippen LogP contribution in [0, 0.1) is 11.8 Å². The molecule has 0 aliphatic heterocycles. The summed E-state index contributed by atoms with van der Waals surface area (Å²) in [5, 5.41) is 3.01. The molecule has 0 unspecified atom stereocenters. The van der Waals surface area contributed by atoms with Crippen LogP contribution in [0.2, 0.25) is 0 Å². The minimum atomic E-state index is -0.433. The van der Waals surface area contributed by atoms with Crippen LogP contribution in [-0.4, -0.2) is 26.7 Å². The molecule has 1 aromatic rings. The number of esters is 1. The van der Waals surface area contributed by atoms with Gasteiger partial charge in [0.1, 0.15) is 0 Å². The second kappa shape index (κ2) is 6.56. The number of carbonyl (C=O) groups is 1. The Labute approximate surface area is 101 Å². The number of anilines is 1. The molecular formula is C13H16N2O2. The lowest BCUT2D eigenvalue weighted by molar-refractivity contribution is 0.0602. The maximum Gasteiger partial charge on any atom is 0.339 e. The van der Waals surface area contributed by atoms with Crippen LogP contribution >= 0.6 is 0 Å². The number of nitrogens with one attached hydrogen (secondary N) is 1. The molecule has 0 bridgehead atoms. The van der Waals surface area contributed by atoms with E-state index < -0.39 is 5.97 Å². The van der Waals surface area contributed by atoms with E-state index in [0.717, 1.165) is 18.5 Å². The zero-order chi connectivity index (χ0) is 12.7. The highest BCUT2D eigenvalue weighted by Gasteiger charge is 2.09. The highest BCUT2D eigenvalue weighted by Crippen LogP contribution is 2.14. The summed E-state index contributed by atoms with van der Waals surface area (Å²) in [5.74, 6) is 5.56. The van der Waals surface area contributed by atoms with E-state index in [1.54, 1.807) is 18.2 Å². The van der Waals surface area contributed by atoms with Crippen molar-refractivity contribution < 1.29 is 9.53 Å². The summed E-state index contributed by atoms with van der Waals surface area (Å²) in [6.07, 6.45) is 0.773. The maximum atomic E-state index is 11.3. The number of hydrogen-bond acceptors (Lipinski definition) is 4. The number of carbonyl (C=O) groups excluding carboxylic acids is 1. The van der Waals surface area contributed by atoms with Gasteiger partial charge in [-0.2, -0.15) is 0 Å². The van der Waals surface area contributed by atoms with E-state index in [2.05, 4.69) is 21.9 Å². The molecule has 4 nitrogen and oxygen atoms in total. The van der Waals surface area contributed by atoms with Gasteiger partial charge in [0, 0.05) is 24.2 Å². The monoisotopic (exact) mass is 232 g/mol. The minimum Gasteiger partial charge on any atom is -0.465 e. The standard InChI is InChI=1S/C13H16N2O2/c1-15-8-4-3-5-10-6-7-11(12(14)9-10)13(16)17-2/h6-7,9,15H,4,8,14H2,1-2H3. The van der Waals surface area contributed by atoms with Gasteiger partial charge in [-0.25, -0.2) is 4.79 Å². The predicted molar refractivity (Wildman–Crippen MR) is 67.6 cm³/mol. The molecule has 0 spiro atoms. The third-order valence-corrected chi connectivity index (χ3v) is 2.19. The van der Waals surface area contributed by atoms with Gasteiger partial charge in [-0.15, -0.1) is 0 Å². The second-order valence-electron chi connectivity index (χ2n) is 3.45. The van der Waals surface area contributed by atoms with E-state index in [0.29, 0.717) is 11.3 Å². The molecule has 0 saturated carbocycles. The Kier molecular flexibility index (Phi) is 5.05. The van der Waals surface area contributed by atoms with Crippen molar-refractivity contribution >= 4 is 11.7 Å². The molecule has 0 fully saturated rings. The third-order valence-electron chi connectivity index (χ3n) is 2.19. The molecule has 0 aliphatic carbocycles. The largest absolute Gasteiger partial charge is 0.465 e. The van der Waals surface area contributed by atoms with Crippen LogP contribution in [0.5, 0.6) is 0 Å². The molecular weight excluding hydrogens is 216 g/mol. The molecule has 4 heteroatoms. The zero-order valence-corrected chi connectivity index (χ0v) is 10.0. The van der Waals surface area contributed by atoms with Crippen molar-refractivity contribution in [2.45, 2.75) is 6.42 Å². The topological polar surface area (TPSA) is 64.3 Å². The lowest BCUT2D eigenvalue weighted by Gasteiger charge is -2.03. The lowest BCUT2D eigenvalue weighted by Crippen LogP contribution is -2.06. The van der Waals surface area contributed by atoms with E-state index >= 15 is 0 Å². The summed E-state index contributed by atoms with van der Waals surface area (Å²) in [6, 6.07) is 5.07. The van der Waals surface area contributed by atoms with Crippen LogP contribution in [0.1, 0.15) is 22.3 Å². The number of nitrogen functional groups attached to an aromatic ring is 1. The highest BCUT2D eigenvalue weighted by atomic mass is 16.5. The van der Waals surface area contributed by atoms with Crippen LogP contribution in [0.3, 0.4) is 0 Å². The smallest absolute Gasteiger partial charge is 0.339 e. The van der Waals surface area contributed by atoms with Gasteiger partial charge in [0.05, 0.1) is 12.7 Å². The summed E-state index contributed by atoms with van der Waals surface area (Å²) in [6.45, 7) is 0.850. The Hall–Kier alpha value is -1.99. The van der Waals surface area contributed by atoms with Crippen LogP contribution in [0.25, 0.3) is 0 Å². The Bertz CT molecular complexity index is 458. The van der Waals surface area contributed by atoms with Crippen molar-refractivity contribution in [2.24, 2.45) is 0 Å². The van der Waals surface area contributed by atoms with Crippen LogP contribution < -0.4 is 11.1 Å². The average molecular weight is 232 g/mol. The molecule has 0 radical (unpaired) electrons. The first kappa shape index (κ1) is 13.1. The number of nitrogens with two attached hydrogens (primary N) is 1. The molecule has 0 heterocycles.